The van der Waals surface area contributed by atoms with Gasteiger partial charge in [0.25, 0.3) is 16.0 Å². The summed E-state index contributed by atoms with van der Waals surface area (Å²) in [4.78, 5) is 30.7. The Labute approximate surface area is 246 Å². The molecule has 4 aromatic rings. The second-order valence-corrected chi connectivity index (χ2v) is 11.6. The van der Waals surface area contributed by atoms with E-state index >= 15 is 0 Å². The number of anilines is 3. The highest BCUT2D eigenvalue weighted by Gasteiger charge is 2.14. The van der Waals surface area contributed by atoms with Crippen molar-refractivity contribution in [3.05, 3.63) is 95.9 Å². The van der Waals surface area contributed by atoms with Crippen molar-refractivity contribution in [2.24, 2.45) is 0 Å². The summed E-state index contributed by atoms with van der Waals surface area (Å²) in [6, 6.07) is 19.3. The van der Waals surface area contributed by atoms with Gasteiger partial charge in [-0.2, -0.15) is 8.42 Å². The molecule has 0 unspecified atom stereocenters. The average molecular weight is 590 g/mol. The molecule has 0 saturated carbocycles. The van der Waals surface area contributed by atoms with E-state index in [4.69, 9.17) is 4.55 Å². The normalized spacial score (nSPS) is 14.0. The summed E-state index contributed by atoms with van der Waals surface area (Å²) in [6.07, 6.45) is 5.94. The number of hydrogen-bond donors (Lipinski definition) is 3. The van der Waals surface area contributed by atoms with Crippen LogP contribution in [0, 0.1) is 6.92 Å². The summed E-state index contributed by atoms with van der Waals surface area (Å²) in [6.45, 7) is 7.24. The second kappa shape index (κ2) is 14.1. The topological polar surface area (TPSA) is 141 Å². The van der Waals surface area contributed by atoms with Crippen molar-refractivity contribution in [1.29, 1.82) is 0 Å². The Hall–Kier alpha value is -4.23. The number of pyridine rings is 1. The molecule has 0 atom stereocenters. The van der Waals surface area contributed by atoms with Gasteiger partial charge < -0.3 is 15.5 Å². The molecular weight excluding hydrogens is 554 g/mol. The highest BCUT2D eigenvalue weighted by atomic mass is 32.2. The Morgan fingerprint density at radius 2 is 1.71 bits per heavy atom. The van der Waals surface area contributed by atoms with Crippen molar-refractivity contribution in [2.75, 3.05) is 50.1 Å². The molecule has 0 bridgehead atoms. The zero-order valence-corrected chi connectivity index (χ0v) is 24.7. The number of carbonyl (C=O) groups is 1. The van der Waals surface area contributed by atoms with E-state index in [2.05, 4.69) is 42.4 Å². The zero-order chi connectivity index (χ0) is 30.1. The van der Waals surface area contributed by atoms with Gasteiger partial charge in [-0.25, -0.2) is 9.97 Å². The molecule has 1 amide bonds. The second-order valence-electron chi connectivity index (χ2n) is 10.1. The number of likely N-dealkylation sites (N-methyl/N-ethyl adjacent to an activating group) is 1. The smallest absolute Gasteiger partial charge is 0.261 e. The Balaban J connectivity index is 0.000000748. The van der Waals surface area contributed by atoms with Crippen LogP contribution >= 0.6 is 0 Å². The molecule has 0 radical (unpaired) electrons. The van der Waals surface area contributed by atoms with E-state index in [-0.39, 0.29) is 5.91 Å². The summed E-state index contributed by atoms with van der Waals surface area (Å²) in [5.41, 5.74) is 6.16. The molecule has 12 heteroatoms. The Bertz CT molecular complexity index is 1580. The van der Waals surface area contributed by atoms with Gasteiger partial charge in [0.1, 0.15) is 0 Å². The molecule has 1 fully saturated rings. The largest absolute Gasteiger partial charge is 0.324 e. The van der Waals surface area contributed by atoms with E-state index in [1.165, 1.54) is 5.56 Å². The van der Waals surface area contributed by atoms with Crippen LogP contribution in [0.1, 0.15) is 21.5 Å². The summed E-state index contributed by atoms with van der Waals surface area (Å²) < 4.78 is 25.9. The summed E-state index contributed by atoms with van der Waals surface area (Å²) in [5.74, 6) is 0.372. The lowest BCUT2D eigenvalue weighted by molar-refractivity contribution is 0.102. The molecule has 1 aliphatic heterocycles. The third-order valence-electron chi connectivity index (χ3n) is 6.56. The number of benzene rings is 2. The molecule has 220 valence electrons. The Morgan fingerprint density at radius 1 is 1.00 bits per heavy atom. The lowest BCUT2D eigenvalue weighted by atomic mass is 10.1. The van der Waals surface area contributed by atoms with Crippen molar-refractivity contribution < 1.29 is 17.8 Å². The quantitative estimate of drug-likeness (QED) is 0.270. The molecule has 0 aliphatic carbocycles. The molecule has 3 N–H and O–H groups in total. The van der Waals surface area contributed by atoms with Crippen LogP contribution in [0.2, 0.25) is 0 Å². The van der Waals surface area contributed by atoms with Crippen molar-refractivity contribution in [3.8, 4) is 11.3 Å². The van der Waals surface area contributed by atoms with Crippen LogP contribution in [0.5, 0.6) is 0 Å². The summed E-state index contributed by atoms with van der Waals surface area (Å²) >= 11 is 0. The predicted octanol–water partition coefficient (Wildman–Crippen LogP) is 4.09. The molecular formula is C30H35N7O4S. The van der Waals surface area contributed by atoms with Gasteiger partial charge in [0.05, 0.1) is 11.9 Å². The highest BCUT2D eigenvalue weighted by Crippen LogP contribution is 2.24. The molecule has 2 aromatic heterocycles. The first-order chi connectivity index (χ1) is 20.0. The minimum atomic E-state index is -3.67. The number of hydrogen-bond acceptors (Lipinski definition) is 9. The summed E-state index contributed by atoms with van der Waals surface area (Å²) in [7, 11) is -1.51. The standard InChI is InChI=1S/C29H31N7O.CH4O3S/c1-21-18-25(9-10-26(21)33-29-31-13-11-27(34-29)24-4-3-12-30-19-24)32-28(37)23-7-5-22(6-8-23)20-36-16-14-35(2)15-17-36;1-5(2,3)4/h3-13,18-19H,14-17,20H2,1-2H3,(H,32,37)(H,31,33,34);1H3,(H,2,3,4). The summed E-state index contributed by atoms with van der Waals surface area (Å²) in [5, 5.41) is 6.28. The maximum Gasteiger partial charge on any atom is 0.261 e. The number of amides is 1. The molecule has 11 nitrogen and oxygen atoms in total. The Morgan fingerprint density at radius 3 is 2.36 bits per heavy atom. The number of aryl methyl sites for hydroxylation is 1. The van der Waals surface area contributed by atoms with Crippen LogP contribution in [0.15, 0.2) is 79.3 Å². The number of aromatic nitrogens is 3. The van der Waals surface area contributed by atoms with Crippen molar-refractivity contribution >= 4 is 33.3 Å². The first-order valence-corrected chi connectivity index (χ1v) is 15.2. The number of piperazine rings is 1. The van der Waals surface area contributed by atoms with Gasteiger partial charge in [-0.05, 0) is 73.6 Å². The Kier molecular flexibility index (Phi) is 10.3. The molecule has 2 aromatic carbocycles. The fourth-order valence-corrected chi connectivity index (χ4v) is 4.33. The third kappa shape index (κ3) is 9.70. The van der Waals surface area contributed by atoms with Crippen LogP contribution in [0.3, 0.4) is 0 Å². The van der Waals surface area contributed by atoms with Crippen LogP contribution < -0.4 is 10.6 Å². The van der Waals surface area contributed by atoms with Gasteiger partial charge in [-0.3, -0.25) is 19.2 Å². The van der Waals surface area contributed by atoms with Gasteiger partial charge in [0, 0.05) is 73.8 Å². The molecule has 1 saturated heterocycles. The van der Waals surface area contributed by atoms with Crippen LogP contribution in [0.25, 0.3) is 11.3 Å². The molecule has 5 rings (SSSR count). The van der Waals surface area contributed by atoms with Gasteiger partial charge in [-0.15, -0.1) is 0 Å². The van der Waals surface area contributed by atoms with Gasteiger partial charge >= 0.3 is 0 Å². The van der Waals surface area contributed by atoms with Gasteiger partial charge in [0.15, 0.2) is 0 Å². The first kappa shape index (κ1) is 30.7. The fraction of sp³-hybridized carbons (Fsp3) is 0.267. The monoisotopic (exact) mass is 589 g/mol. The van der Waals surface area contributed by atoms with Crippen molar-refractivity contribution in [3.63, 3.8) is 0 Å². The predicted molar refractivity (Wildman–Crippen MR) is 164 cm³/mol. The first-order valence-electron chi connectivity index (χ1n) is 13.4. The van der Waals surface area contributed by atoms with E-state index in [1.807, 2.05) is 67.6 Å². The minimum Gasteiger partial charge on any atom is -0.324 e. The molecule has 3 heterocycles. The maximum atomic E-state index is 12.8. The van der Waals surface area contributed by atoms with Crippen LogP contribution in [-0.4, -0.2) is 83.1 Å². The SMILES string of the molecule is CS(=O)(=O)O.Cc1cc(NC(=O)c2ccc(CN3CCN(C)CC3)cc2)ccc1Nc1nccc(-c2cccnc2)n1. The average Bonchev–Trinajstić information content (AvgIpc) is 2.96. The van der Waals surface area contributed by atoms with E-state index in [1.54, 1.807) is 18.6 Å². The lowest BCUT2D eigenvalue weighted by Crippen LogP contribution is -2.43. The fourth-order valence-electron chi connectivity index (χ4n) is 4.33. The molecule has 42 heavy (non-hydrogen) atoms. The van der Waals surface area contributed by atoms with E-state index in [9.17, 15) is 13.2 Å². The number of rotatable bonds is 7. The lowest BCUT2D eigenvalue weighted by Gasteiger charge is -2.32. The van der Waals surface area contributed by atoms with Crippen LogP contribution in [-0.2, 0) is 16.7 Å². The molecule has 1 aliphatic rings. The zero-order valence-electron chi connectivity index (χ0n) is 23.9. The van der Waals surface area contributed by atoms with Gasteiger partial charge in [-0.1, -0.05) is 12.1 Å². The van der Waals surface area contributed by atoms with Crippen molar-refractivity contribution in [1.82, 2.24) is 24.8 Å². The van der Waals surface area contributed by atoms with Crippen molar-refractivity contribution in [2.45, 2.75) is 13.5 Å². The maximum absolute atomic E-state index is 12.8. The third-order valence-corrected chi connectivity index (χ3v) is 6.56. The number of carbonyl (C=O) groups excluding carboxylic acids is 1. The van der Waals surface area contributed by atoms with E-state index in [0.29, 0.717) is 17.8 Å². The minimum absolute atomic E-state index is 0.126. The van der Waals surface area contributed by atoms with Crippen LogP contribution in [0.4, 0.5) is 17.3 Å². The van der Waals surface area contributed by atoms with E-state index < -0.39 is 10.1 Å². The number of nitrogens with zero attached hydrogens (tertiary/aromatic N) is 5. The van der Waals surface area contributed by atoms with E-state index in [0.717, 1.165) is 60.9 Å². The highest BCUT2D eigenvalue weighted by molar-refractivity contribution is 7.85. The number of nitrogens with one attached hydrogen (secondary N) is 2. The van der Waals surface area contributed by atoms with Gasteiger partial charge in [0.2, 0.25) is 5.95 Å². The molecule has 0 spiro atoms.